The summed E-state index contributed by atoms with van der Waals surface area (Å²) in [6.07, 6.45) is 4.16. The zero-order valence-electron chi connectivity index (χ0n) is 13.0. The zero-order chi connectivity index (χ0) is 15.6. The lowest BCUT2D eigenvalue weighted by Crippen LogP contribution is -2.23. The van der Waals surface area contributed by atoms with E-state index in [9.17, 15) is 4.39 Å². The first kappa shape index (κ1) is 14.3. The third kappa shape index (κ3) is 2.84. The second kappa shape index (κ2) is 6.09. The Labute approximate surface area is 135 Å². The number of para-hydroxylation sites is 1. The monoisotopic (exact) mass is 306 g/mol. The standard InChI is InChI=1S/C20H19FN2/c21-18-10-8-15(9-11-18)19-7-3-13-23(19)14-17-5-1-4-16-6-2-12-22-20(16)17/h1-2,4-6,8-12,19H,3,7,13-14H2. The first-order chi connectivity index (χ1) is 11.3. The molecule has 3 heteroatoms. The molecule has 0 spiro atoms. The molecule has 2 aromatic carbocycles. The fourth-order valence-electron chi connectivity index (χ4n) is 3.59. The van der Waals surface area contributed by atoms with Crippen LogP contribution in [0.1, 0.15) is 30.0 Å². The Hall–Kier alpha value is -2.26. The lowest BCUT2D eigenvalue weighted by Gasteiger charge is -2.25. The molecule has 0 N–H and O–H groups in total. The number of rotatable bonds is 3. The highest BCUT2D eigenvalue weighted by Crippen LogP contribution is 2.34. The highest BCUT2D eigenvalue weighted by Gasteiger charge is 2.26. The minimum Gasteiger partial charge on any atom is -0.292 e. The van der Waals surface area contributed by atoms with Crippen molar-refractivity contribution in [2.45, 2.75) is 25.4 Å². The van der Waals surface area contributed by atoms with Crippen molar-refractivity contribution in [2.24, 2.45) is 0 Å². The lowest BCUT2D eigenvalue weighted by atomic mass is 10.0. The third-order valence-electron chi connectivity index (χ3n) is 4.71. The Bertz CT molecular complexity index is 808. The predicted octanol–water partition coefficient (Wildman–Crippen LogP) is 4.71. The molecule has 0 amide bonds. The van der Waals surface area contributed by atoms with Crippen LogP contribution in [0.4, 0.5) is 4.39 Å². The van der Waals surface area contributed by atoms with Crippen molar-refractivity contribution in [1.82, 2.24) is 9.88 Å². The number of fused-ring (bicyclic) bond motifs is 1. The van der Waals surface area contributed by atoms with E-state index in [4.69, 9.17) is 0 Å². The molecular weight excluding hydrogens is 287 g/mol. The van der Waals surface area contributed by atoms with Crippen LogP contribution in [-0.2, 0) is 6.54 Å². The van der Waals surface area contributed by atoms with Gasteiger partial charge in [-0.05, 0) is 48.7 Å². The molecule has 116 valence electrons. The molecule has 1 unspecified atom stereocenters. The van der Waals surface area contributed by atoms with Gasteiger partial charge >= 0.3 is 0 Å². The van der Waals surface area contributed by atoms with Crippen LogP contribution in [0, 0.1) is 5.82 Å². The second-order valence-corrected chi connectivity index (χ2v) is 6.17. The molecule has 23 heavy (non-hydrogen) atoms. The summed E-state index contributed by atoms with van der Waals surface area (Å²) < 4.78 is 13.2. The molecule has 0 bridgehead atoms. The number of hydrogen-bond acceptors (Lipinski definition) is 2. The van der Waals surface area contributed by atoms with E-state index in [-0.39, 0.29) is 5.82 Å². The van der Waals surface area contributed by atoms with E-state index in [1.807, 2.05) is 24.4 Å². The Morgan fingerprint density at radius 1 is 1.04 bits per heavy atom. The number of pyridine rings is 1. The Morgan fingerprint density at radius 3 is 2.74 bits per heavy atom. The van der Waals surface area contributed by atoms with Gasteiger partial charge in [-0.1, -0.05) is 36.4 Å². The normalized spacial score (nSPS) is 18.6. The van der Waals surface area contributed by atoms with Crippen molar-refractivity contribution in [3.8, 4) is 0 Å². The smallest absolute Gasteiger partial charge is 0.123 e. The topological polar surface area (TPSA) is 16.1 Å². The molecule has 1 atom stereocenters. The largest absolute Gasteiger partial charge is 0.292 e. The van der Waals surface area contributed by atoms with Gasteiger partial charge in [0, 0.05) is 24.2 Å². The van der Waals surface area contributed by atoms with E-state index in [0.717, 1.165) is 25.0 Å². The summed E-state index contributed by atoms with van der Waals surface area (Å²) in [5.74, 6) is -0.170. The Morgan fingerprint density at radius 2 is 1.87 bits per heavy atom. The Kier molecular flexibility index (Phi) is 3.80. The van der Waals surface area contributed by atoms with Crippen LogP contribution in [0.2, 0.25) is 0 Å². The summed E-state index contributed by atoms with van der Waals surface area (Å²) in [6.45, 7) is 1.96. The van der Waals surface area contributed by atoms with Gasteiger partial charge in [0.1, 0.15) is 5.82 Å². The van der Waals surface area contributed by atoms with Crippen molar-refractivity contribution in [3.05, 3.63) is 77.7 Å². The van der Waals surface area contributed by atoms with E-state index >= 15 is 0 Å². The van der Waals surface area contributed by atoms with Crippen LogP contribution >= 0.6 is 0 Å². The fourth-order valence-corrected chi connectivity index (χ4v) is 3.59. The van der Waals surface area contributed by atoms with Crippen LogP contribution in [0.5, 0.6) is 0 Å². The molecule has 0 aliphatic carbocycles. The van der Waals surface area contributed by atoms with Gasteiger partial charge in [-0.2, -0.15) is 0 Å². The first-order valence-corrected chi connectivity index (χ1v) is 8.13. The molecule has 0 radical (unpaired) electrons. The van der Waals surface area contributed by atoms with Gasteiger partial charge in [0.15, 0.2) is 0 Å². The molecular formula is C20H19FN2. The quantitative estimate of drug-likeness (QED) is 0.696. The molecule has 1 aliphatic rings. The van der Waals surface area contributed by atoms with Gasteiger partial charge in [0.25, 0.3) is 0 Å². The summed E-state index contributed by atoms with van der Waals surface area (Å²) in [7, 11) is 0. The zero-order valence-corrected chi connectivity index (χ0v) is 13.0. The predicted molar refractivity (Wildman–Crippen MR) is 90.5 cm³/mol. The highest BCUT2D eigenvalue weighted by molar-refractivity contribution is 5.81. The third-order valence-corrected chi connectivity index (χ3v) is 4.71. The maximum Gasteiger partial charge on any atom is 0.123 e. The van der Waals surface area contributed by atoms with Crippen molar-refractivity contribution < 1.29 is 4.39 Å². The van der Waals surface area contributed by atoms with Crippen molar-refractivity contribution in [1.29, 1.82) is 0 Å². The SMILES string of the molecule is Fc1ccc(C2CCCN2Cc2cccc3cccnc23)cc1. The summed E-state index contributed by atoms with van der Waals surface area (Å²) in [6, 6.07) is 17.8. The van der Waals surface area contributed by atoms with E-state index < -0.39 is 0 Å². The van der Waals surface area contributed by atoms with Crippen LogP contribution < -0.4 is 0 Å². The molecule has 1 aliphatic heterocycles. The summed E-state index contributed by atoms with van der Waals surface area (Å²) in [4.78, 5) is 7.04. The van der Waals surface area contributed by atoms with Crippen molar-refractivity contribution >= 4 is 10.9 Å². The van der Waals surface area contributed by atoms with E-state index in [1.54, 1.807) is 12.1 Å². The molecule has 3 aromatic rings. The van der Waals surface area contributed by atoms with E-state index in [2.05, 4.69) is 34.1 Å². The first-order valence-electron chi connectivity index (χ1n) is 8.13. The van der Waals surface area contributed by atoms with Crippen LogP contribution in [0.3, 0.4) is 0 Å². The van der Waals surface area contributed by atoms with Gasteiger partial charge in [0.2, 0.25) is 0 Å². The number of hydrogen-bond donors (Lipinski definition) is 0. The molecule has 4 rings (SSSR count). The maximum absolute atomic E-state index is 13.2. The summed E-state index contributed by atoms with van der Waals surface area (Å²) in [5.41, 5.74) is 3.55. The van der Waals surface area contributed by atoms with Gasteiger partial charge in [-0.15, -0.1) is 0 Å². The van der Waals surface area contributed by atoms with Crippen molar-refractivity contribution in [2.75, 3.05) is 6.54 Å². The highest BCUT2D eigenvalue weighted by atomic mass is 19.1. The molecule has 1 aromatic heterocycles. The number of nitrogens with zero attached hydrogens (tertiary/aromatic N) is 2. The van der Waals surface area contributed by atoms with Crippen LogP contribution in [0.25, 0.3) is 10.9 Å². The Balaban J connectivity index is 1.63. The van der Waals surface area contributed by atoms with Crippen LogP contribution in [0.15, 0.2) is 60.8 Å². The number of benzene rings is 2. The number of likely N-dealkylation sites (tertiary alicyclic amines) is 1. The summed E-state index contributed by atoms with van der Waals surface area (Å²) in [5, 5.41) is 1.18. The number of halogens is 1. The molecule has 1 fully saturated rings. The molecule has 0 saturated carbocycles. The summed E-state index contributed by atoms with van der Waals surface area (Å²) >= 11 is 0. The molecule has 2 nitrogen and oxygen atoms in total. The maximum atomic E-state index is 13.2. The molecule has 2 heterocycles. The van der Waals surface area contributed by atoms with Gasteiger partial charge < -0.3 is 0 Å². The second-order valence-electron chi connectivity index (χ2n) is 6.17. The van der Waals surface area contributed by atoms with Gasteiger partial charge in [-0.3, -0.25) is 9.88 Å². The van der Waals surface area contributed by atoms with Crippen molar-refractivity contribution in [3.63, 3.8) is 0 Å². The minimum absolute atomic E-state index is 0.170. The van der Waals surface area contributed by atoms with Crippen LogP contribution in [-0.4, -0.2) is 16.4 Å². The fraction of sp³-hybridized carbons (Fsp3) is 0.250. The van der Waals surface area contributed by atoms with Gasteiger partial charge in [-0.25, -0.2) is 4.39 Å². The average molecular weight is 306 g/mol. The van der Waals surface area contributed by atoms with E-state index in [0.29, 0.717) is 6.04 Å². The number of aromatic nitrogens is 1. The minimum atomic E-state index is -0.170. The lowest BCUT2D eigenvalue weighted by molar-refractivity contribution is 0.249. The van der Waals surface area contributed by atoms with E-state index in [1.165, 1.54) is 22.9 Å². The van der Waals surface area contributed by atoms with Gasteiger partial charge in [0.05, 0.1) is 5.52 Å². The average Bonchev–Trinajstić information content (AvgIpc) is 3.04. The molecule has 1 saturated heterocycles.